The first-order chi connectivity index (χ1) is 13.7. The monoisotopic (exact) mass is 517 g/mol. The average molecular weight is 517 g/mol. The molecule has 0 saturated carbocycles. The van der Waals surface area contributed by atoms with Crippen LogP contribution in [0, 0.1) is 20.7 Å². The third-order valence-electron chi connectivity index (χ3n) is 4.38. The number of likely N-dealkylation sites (tertiary alicyclic amines) is 1. The number of rotatable bonds is 5. The van der Waals surface area contributed by atoms with Crippen molar-refractivity contribution in [2.45, 2.75) is 24.9 Å². The van der Waals surface area contributed by atoms with Crippen molar-refractivity contribution in [2.75, 3.05) is 13.1 Å². The number of hydrogen-bond acceptors (Lipinski definition) is 4. The van der Waals surface area contributed by atoms with Crippen molar-refractivity contribution in [3.8, 4) is 6.07 Å². The van der Waals surface area contributed by atoms with Crippen LogP contribution < -0.4 is 5.32 Å². The summed E-state index contributed by atoms with van der Waals surface area (Å²) in [4.78, 5) is 25.1. The molecule has 1 atom stereocenters. The molecule has 0 radical (unpaired) electrons. The van der Waals surface area contributed by atoms with Gasteiger partial charge in [0.2, 0.25) is 5.91 Å². The van der Waals surface area contributed by atoms with Gasteiger partial charge in [0.25, 0.3) is 11.8 Å². The highest BCUT2D eigenvalue weighted by molar-refractivity contribution is 14.1. The maximum Gasteiger partial charge on any atom is 0.268 e. The Kier molecular flexibility index (Phi) is 6.11. The maximum absolute atomic E-state index is 13.4. The van der Waals surface area contributed by atoms with Crippen LogP contribution in [0.1, 0.15) is 22.3 Å². The lowest BCUT2D eigenvalue weighted by atomic mass is 10.2. The van der Waals surface area contributed by atoms with Gasteiger partial charge in [-0.3, -0.25) is 14.3 Å². The number of nitrogens with zero attached hydrogens (tertiary/aromatic N) is 4. The molecule has 152 valence electrons. The molecule has 11 heteroatoms. The van der Waals surface area contributed by atoms with E-state index in [-0.39, 0.29) is 11.4 Å². The first-order valence-electron chi connectivity index (χ1n) is 8.50. The summed E-state index contributed by atoms with van der Waals surface area (Å²) in [6, 6.07) is 4.80. The van der Waals surface area contributed by atoms with Gasteiger partial charge in [0.15, 0.2) is 0 Å². The molecule has 1 aromatic heterocycles. The predicted octanol–water partition coefficient (Wildman–Crippen LogP) is 2.16. The SMILES string of the molecule is N#C[C@@H]1CC(F)(F)CN1C(=O)CNC(=O)c1cnn(Cc2ccc(F)cc2I)c1. The number of aromatic nitrogens is 2. The number of benzene rings is 1. The second kappa shape index (κ2) is 8.40. The Hall–Kier alpha value is -2.62. The van der Waals surface area contributed by atoms with E-state index >= 15 is 0 Å². The van der Waals surface area contributed by atoms with Crippen LogP contribution in [0.25, 0.3) is 0 Å². The highest BCUT2D eigenvalue weighted by atomic mass is 127. The lowest BCUT2D eigenvalue weighted by molar-refractivity contribution is -0.131. The molecular formula is C18H15F3IN5O2. The van der Waals surface area contributed by atoms with E-state index in [4.69, 9.17) is 5.26 Å². The van der Waals surface area contributed by atoms with Gasteiger partial charge >= 0.3 is 0 Å². The summed E-state index contributed by atoms with van der Waals surface area (Å²) in [5.74, 6) is -4.81. The highest BCUT2D eigenvalue weighted by Gasteiger charge is 2.47. The van der Waals surface area contributed by atoms with Gasteiger partial charge in [0.05, 0.1) is 37.5 Å². The second-order valence-corrected chi connectivity index (χ2v) is 7.73. The normalized spacial score (nSPS) is 17.8. The summed E-state index contributed by atoms with van der Waals surface area (Å²) in [5.41, 5.74) is 0.994. The molecule has 0 bridgehead atoms. The van der Waals surface area contributed by atoms with Crippen molar-refractivity contribution < 1.29 is 22.8 Å². The van der Waals surface area contributed by atoms with E-state index in [2.05, 4.69) is 10.4 Å². The molecule has 0 spiro atoms. The molecule has 1 fully saturated rings. The average Bonchev–Trinajstić information content (AvgIpc) is 3.25. The Bertz CT molecular complexity index is 988. The molecule has 1 aromatic carbocycles. The number of nitrogens with one attached hydrogen (secondary N) is 1. The van der Waals surface area contributed by atoms with Gasteiger partial charge in [-0.2, -0.15) is 10.4 Å². The molecular weight excluding hydrogens is 502 g/mol. The number of nitriles is 1. The van der Waals surface area contributed by atoms with Crippen LogP contribution >= 0.6 is 22.6 Å². The van der Waals surface area contributed by atoms with Crippen molar-refractivity contribution in [1.82, 2.24) is 20.0 Å². The first-order valence-corrected chi connectivity index (χ1v) is 9.58. The van der Waals surface area contributed by atoms with Crippen molar-refractivity contribution in [1.29, 1.82) is 5.26 Å². The van der Waals surface area contributed by atoms with Crippen LogP contribution in [-0.2, 0) is 11.3 Å². The van der Waals surface area contributed by atoms with Crippen molar-refractivity contribution >= 4 is 34.4 Å². The lowest BCUT2D eigenvalue weighted by Gasteiger charge is -2.19. The largest absolute Gasteiger partial charge is 0.343 e. The van der Waals surface area contributed by atoms with E-state index in [0.29, 0.717) is 10.1 Å². The Balaban J connectivity index is 1.58. The van der Waals surface area contributed by atoms with Gasteiger partial charge in [-0.25, -0.2) is 13.2 Å². The summed E-state index contributed by atoms with van der Waals surface area (Å²) in [5, 5.41) is 15.4. The van der Waals surface area contributed by atoms with Crippen LogP contribution in [-0.4, -0.2) is 51.5 Å². The minimum atomic E-state index is -3.11. The fraction of sp³-hybridized carbons (Fsp3) is 0.333. The van der Waals surface area contributed by atoms with Crippen LogP contribution in [0.2, 0.25) is 0 Å². The molecule has 7 nitrogen and oxygen atoms in total. The molecule has 1 saturated heterocycles. The van der Waals surface area contributed by atoms with Crippen LogP contribution in [0.15, 0.2) is 30.6 Å². The van der Waals surface area contributed by atoms with Gasteiger partial charge in [-0.15, -0.1) is 0 Å². The minimum Gasteiger partial charge on any atom is -0.343 e. The first kappa shape index (κ1) is 21.1. The summed E-state index contributed by atoms with van der Waals surface area (Å²) < 4.78 is 42.2. The Morgan fingerprint density at radius 2 is 2.17 bits per heavy atom. The number of hydrogen-bond donors (Lipinski definition) is 1. The highest BCUT2D eigenvalue weighted by Crippen LogP contribution is 2.31. The van der Waals surface area contributed by atoms with Gasteiger partial charge in [-0.05, 0) is 40.3 Å². The third-order valence-corrected chi connectivity index (χ3v) is 5.39. The summed E-state index contributed by atoms with van der Waals surface area (Å²) in [6.07, 6.45) is 2.05. The van der Waals surface area contributed by atoms with Crippen molar-refractivity contribution in [3.05, 3.63) is 51.1 Å². The van der Waals surface area contributed by atoms with Gasteiger partial charge in [0.1, 0.15) is 11.9 Å². The zero-order valence-electron chi connectivity index (χ0n) is 14.9. The molecule has 1 aliphatic rings. The van der Waals surface area contributed by atoms with E-state index in [1.54, 1.807) is 12.1 Å². The van der Waals surface area contributed by atoms with Crippen LogP contribution in [0.3, 0.4) is 0 Å². The van der Waals surface area contributed by atoms with Gasteiger partial charge in [-0.1, -0.05) is 6.07 Å². The van der Waals surface area contributed by atoms with E-state index < -0.39 is 43.3 Å². The van der Waals surface area contributed by atoms with E-state index in [1.165, 1.54) is 29.2 Å². The summed E-state index contributed by atoms with van der Waals surface area (Å²) >= 11 is 2.00. The van der Waals surface area contributed by atoms with E-state index in [0.717, 1.165) is 10.5 Å². The Morgan fingerprint density at radius 1 is 1.41 bits per heavy atom. The molecule has 1 aliphatic heterocycles. The quantitative estimate of drug-likeness (QED) is 0.616. The molecule has 0 unspecified atom stereocenters. The number of carbonyl (C=O) groups excluding carboxylic acids is 2. The zero-order valence-corrected chi connectivity index (χ0v) is 17.1. The molecule has 2 amide bonds. The molecule has 3 rings (SSSR count). The molecule has 2 aromatic rings. The van der Waals surface area contributed by atoms with Crippen LogP contribution in [0.5, 0.6) is 0 Å². The summed E-state index contributed by atoms with van der Waals surface area (Å²) in [6.45, 7) is -1.03. The van der Waals surface area contributed by atoms with E-state index in [9.17, 15) is 22.8 Å². The number of alkyl halides is 2. The zero-order chi connectivity index (χ0) is 21.2. The lowest BCUT2D eigenvalue weighted by Crippen LogP contribution is -2.42. The minimum absolute atomic E-state index is 0.179. The third kappa shape index (κ3) is 5.06. The standard InChI is InChI=1S/C18H15F3IN5O2/c19-13-2-1-11(15(22)3-13)8-26-9-12(6-25-26)17(29)24-7-16(28)27-10-18(20,21)4-14(27)5-23/h1-3,6,9,14H,4,7-8,10H2,(H,24,29)/t14-/m0/s1. The van der Waals surface area contributed by atoms with E-state index in [1.807, 2.05) is 22.6 Å². The van der Waals surface area contributed by atoms with Crippen molar-refractivity contribution in [2.24, 2.45) is 0 Å². The van der Waals surface area contributed by atoms with Gasteiger partial charge < -0.3 is 10.2 Å². The number of carbonyl (C=O) groups is 2. The molecule has 2 heterocycles. The fourth-order valence-electron chi connectivity index (χ4n) is 2.95. The summed E-state index contributed by atoms with van der Waals surface area (Å²) in [7, 11) is 0. The number of halogens is 4. The predicted molar refractivity (Wildman–Crippen MR) is 103 cm³/mol. The molecule has 29 heavy (non-hydrogen) atoms. The second-order valence-electron chi connectivity index (χ2n) is 6.57. The molecule has 1 N–H and O–H groups in total. The Morgan fingerprint density at radius 3 is 2.86 bits per heavy atom. The number of amides is 2. The van der Waals surface area contributed by atoms with Gasteiger partial charge in [0, 0.05) is 16.2 Å². The van der Waals surface area contributed by atoms with Crippen molar-refractivity contribution in [3.63, 3.8) is 0 Å². The Labute approximate surface area is 177 Å². The maximum atomic E-state index is 13.4. The smallest absolute Gasteiger partial charge is 0.268 e. The fourth-order valence-corrected chi connectivity index (χ4v) is 3.59. The topological polar surface area (TPSA) is 91.0 Å². The van der Waals surface area contributed by atoms with Crippen LogP contribution in [0.4, 0.5) is 13.2 Å². The molecule has 0 aliphatic carbocycles.